The lowest BCUT2D eigenvalue weighted by atomic mass is 10.5. The standard InChI is InChI=1S/C6H5BrFNO/c7-5-1-2-6(10)9(3-5)4-8/h1-3H,4H2/i4D2. The van der Waals surface area contributed by atoms with Crippen molar-refractivity contribution in [1.82, 2.24) is 4.57 Å². The normalized spacial score (nSPS) is 14.2. The molecule has 0 unspecified atom stereocenters. The molecule has 0 bridgehead atoms. The number of hydrogen-bond donors (Lipinski definition) is 0. The van der Waals surface area contributed by atoms with Crippen molar-refractivity contribution in [2.75, 3.05) is 0 Å². The van der Waals surface area contributed by atoms with E-state index in [9.17, 15) is 9.18 Å². The second-order valence-corrected chi connectivity index (χ2v) is 2.56. The van der Waals surface area contributed by atoms with Gasteiger partial charge in [0.15, 0.2) is 6.75 Å². The van der Waals surface area contributed by atoms with Gasteiger partial charge in [0.25, 0.3) is 5.56 Å². The van der Waals surface area contributed by atoms with Crippen LogP contribution in [0.3, 0.4) is 0 Å². The van der Waals surface area contributed by atoms with Crippen LogP contribution in [0.2, 0.25) is 0 Å². The highest BCUT2D eigenvalue weighted by Gasteiger charge is 1.93. The maximum Gasteiger partial charge on any atom is 0.252 e. The molecule has 10 heavy (non-hydrogen) atoms. The van der Waals surface area contributed by atoms with Crippen molar-refractivity contribution < 1.29 is 7.13 Å². The summed E-state index contributed by atoms with van der Waals surface area (Å²) in [7, 11) is 0. The lowest BCUT2D eigenvalue weighted by Crippen LogP contribution is -2.15. The Kier molecular flexibility index (Phi) is 1.50. The molecular weight excluding hydrogens is 201 g/mol. The zero-order valence-corrected chi connectivity index (χ0v) is 6.43. The minimum absolute atomic E-state index is 0.372. The van der Waals surface area contributed by atoms with Crippen molar-refractivity contribution in [2.45, 2.75) is 6.75 Å². The average molecular weight is 208 g/mol. The van der Waals surface area contributed by atoms with Gasteiger partial charge < -0.3 is 0 Å². The van der Waals surface area contributed by atoms with Crippen LogP contribution < -0.4 is 5.56 Å². The summed E-state index contributed by atoms with van der Waals surface area (Å²) in [6.45, 7) is -3.15. The molecule has 0 aliphatic rings. The molecule has 0 aliphatic carbocycles. The van der Waals surface area contributed by atoms with Gasteiger partial charge in [-0.2, -0.15) is 0 Å². The van der Waals surface area contributed by atoms with Crippen LogP contribution in [-0.2, 0) is 6.75 Å². The zero-order chi connectivity index (χ0) is 9.35. The first-order valence-electron chi connectivity index (χ1n) is 3.49. The highest BCUT2D eigenvalue weighted by atomic mass is 79.9. The molecule has 0 radical (unpaired) electrons. The van der Waals surface area contributed by atoms with Crippen molar-refractivity contribution in [2.24, 2.45) is 0 Å². The van der Waals surface area contributed by atoms with E-state index in [0.29, 0.717) is 9.04 Å². The van der Waals surface area contributed by atoms with E-state index < -0.39 is 12.3 Å². The fraction of sp³-hybridized carbons (Fsp3) is 0.167. The summed E-state index contributed by atoms with van der Waals surface area (Å²) >= 11 is 3.00. The van der Waals surface area contributed by atoms with E-state index in [0.717, 1.165) is 12.3 Å². The van der Waals surface area contributed by atoms with E-state index in [2.05, 4.69) is 15.9 Å². The average Bonchev–Trinajstić information content (AvgIpc) is 1.92. The molecule has 1 rings (SSSR count). The number of nitrogens with zero attached hydrogens (tertiary/aromatic N) is 1. The molecule has 0 aliphatic heterocycles. The third-order valence-electron chi connectivity index (χ3n) is 0.966. The molecule has 1 heterocycles. The SMILES string of the molecule is [2H]C([2H])(F)n1cc(Br)ccc1=O. The predicted molar refractivity (Wildman–Crippen MR) is 39.5 cm³/mol. The van der Waals surface area contributed by atoms with Crippen molar-refractivity contribution >= 4 is 15.9 Å². The van der Waals surface area contributed by atoms with Crippen LogP contribution in [0.4, 0.5) is 4.39 Å². The van der Waals surface area contributed by atoms with Crippen LogP contribution in [-0.4, -0.2) is 4.57 Å². The summed E-state index contributed by atoms with van der Waals surface area (Å²) in [5.41, 5.74) is -0.717. The van der Waals surface area contributed by atoms with Gasteiger partial charge >= 0.3 is 0 Å². The molecule has 4 heteroatoms. The summed E-state index contributed by atoms with van der Waals surface area (Å²) < 4.78 is 26.8. The monoisotopic (exact) mass is 207 g/mol. The third-order valence-corrected chi connectivity index (χ3v) is 1.44. The number of halogens is 2. The second kappa shape index (κ2) is 2.96. The quantitative estimate of drug-likeness (QED) is 0.685. The molecule has 0 N–H and O–H groups in total. The Hall–Kier alpha value is -0.640. The first-order valence-corrected chi connectivity index (χ1v) is 3.28. The number of alkyl halides is 1. The minimum Gasteiger partial charge on any atom is -0.286 e. The first-order chi connectivity index (χ1) is 5.41. The van der Waals surface area contributed by atoms with E-state index in [-0.39, 0.29) is 0 Å². The Morgan fingerprint density at radius 2 is 2.50 bits per heavy atom. The van der Waals surface area contributed by atoms with E-state index >= 15 is 0 Å². The van der Waals surface area contributed by atoms with Gasteiger partial charge in [-0.1, -0.05) is 0 Å². The van der Waals surface area contributed by atoms with E-state index in [1.807, 2.05) is 0 Å². The molecule has 0 amide bonds. The van der Waals surface area contributed by atoms with Crippen molar-refractivity contribution in [3.05, 3.63) is 33.2 Å². The van der Waals surface area contributed by atoms with Gasteiger partial charge in [-0.15, -0.1) is 0 Å². The topological polar surface area (TPSA) is 22.0 Å². The Morgan fingerprint density at radius 1 is 1.80 bits per heavy atom. The molecule has 0 saturated heterocycles. The van der Waals surface area contributed by atoms with Crippen LogP contribution in [0.15, 0.2) is 27.6 Å². The lowest BCUT2D eigenvalue weighted by molar-refractivity contribution is 0.368. The van der Waals surface area contributed by atoms with Crippen LogP contribution in [0.5, 0.6) is 0 Å². The van der Waals surface area contributed by atoms with E-state index in [1.165, 1.54) is 6.07 Å². The van der Waals surface area contributed by atoms with Gasteiger partial charge in [0.1, 0.15) is 0 Å². The van der Waals surface area contributed by atoms with Crippen molar-refractivity contribution in [3.63, 3.8) is 0 Å². The number of pyridine rings is 1. The minimum atomic E-state index is -3.15. The van der Waals surface area contributed by atoms with Gasteiger partial charge in [0.05, 0.1) is 2.74 Å². The Morgan fingerprint density at radius 3 is 3.00 bits per heavy atom. The fourth-order valence-corrected chi connectivity index (χ4v) is 0.864. The first kappa shape index (κ1) is 5.07. The maximum atomic E-state index is 12.6. The Balaban J connectivity index is 3.33. The molecule has 0 atom stereocenters. The van der Waals surface area contributed by atoms with Gasteiger partial charge in [-0.3, -0.25) is 9.36 Å². The molecule has 2 nitrogen and oxygen atoms in total. The van der Waals surface area contributed by atoms with Gasteiger partial charge in [0.2, 0.25) is 0 Å². The van der Waals surface area contributed by atoms with Gasteiger partial charge in [-0.25, -0.2) is 4.39 Å². The van der Waals surface area contributed by atoms with Gasteiger partial charge in [0, 0.05) is 16.7 Å². The van der Waals surface area contributed by atoms with E-state index in [4.69, 9.17) is 2.74 Å². The lowest BCUT2D eigenvalue weighted by Gasteiger charge is -1.96. The summed E-state index contributed by atoms with van der Waals surface area (Å²) in [5.74, 6) is 0. The molecule has 0 fully saturated rings. The summed E-state index contributed by atoms with van der Waals surface area (Å²) in [4.78, 5) is 10.9. The molecule has 0 aromatic carbocycles. The zero-order valence-electron chi connectivity index (χ0n) is 6.84. The molecule has 0 saturated carbocycles. The Labute approximate surface area is 68.2 Å². The van der Waals surface area contributed by atoms with Crippen LogP contribution >= 0.6 is 15.9 Å². The van der Waals surface area contributed by atoms with Crippen molar-refractivity contribution in [3.8, 4) is 0 Å². The van der Waals surface area contributed by atoms with Crippen LogP contribution in [0.1, 0.15) is 2.74 Å². The summed E-state index contributed by atoms with van der Waals surface area (Å²) in [6.07, 6.45) is 1.06. The number of hydrogen-bond acceptors (Lipinski definition) is 1. The molecule has 1 aromatic rings. The third kappa shape index (κ3) is 1.44. The predicted octanol–water partition coefficient (Wildman–Crippen LogP) is 1.54. The number of aromatic nitrogens is 1. The van der Waals surface area contributed by atoms with Gasteiger partial charge in [-0.05, 0) is 22.0 Å². The fourth-order valence-electron chi connectivity index (χ4n) is 0.527. The van der Waals surface area contributed by atoms with E-state index in [1.54, 1.807) is 0 Å². The molecule has 0 spiro atoms. The molecule has 1 aromatic heterocycles. The van der Waals surface area contributed by atoms with Crippen molar-refractivity contribution in [1.29, 1.82) is 0 Å². The second-order valence-electron chi connectivity index (χ2n) is 1.64. The van der Waals surface area contributed by atoms with Crippen LogP contribution in [0.25, 0.3) is 0 Å². The smallest absolute Gasteiger partial charge is 0.252 e. The maximum absolute atomic E-state index is 12.6. The summed E-state index contributed by atoms with van der Waals surface area (Å²) in [5, 5.41) is 0. The van der Waals surface area contributed by atoms with Crippen LogP contribution in [0, 0.1) is 0 Å². The molecular formula is C6H5BrFNO. The molecule has 54 valence electrons. The highest BCUT2D eigenvalue weighted by molar-refractivity contribution is 9.10. The number of rotatable bonds is 1. The summed E-state index contributed by atoms with van der Waals surface area (Å²) in [6, 6.07) is 2.51. The largest absolute Gasteiger partial charge is 0.286 e. The Bertz CT molecular complexity index is 346. The highest BCUT2D eigenvalue weighted by Crippen LogP contribution is 2.04.